The number of carbonyl (C=O) groups is 1. The number of nitrogens with one attached hydrogen (secondary N) is 1. The van der Waals surface area contributed by atoms with Crippen LogP contribution in [0.3, 0.4) is 0 Å². The fraction of sp³-hybridized carbons (Fsp3) is 0.632. The molecule has 1 aromatic carbocycles. The lowest BCUT2D eigenvalue weighted by atomic mass is 10.0. The van der Waals surface area contributed by atoms with Gasteiger partial charge in [0.2, 0.25) is 15.9 Å². The van der Waals surface area contributed by atoms with Gasteiger partial charge in [-0.05, 0) is 44.9 Å². The zero-order valence-electron chi connectivity index (χ0n) is 16.4. The van der Waals surface area contributed by atoms with Gasteiger partial charge < -0.3 is 9.80 Å². The Bertz CT molecular complexity index is 738. The van der Waals surface area contributed by atoms with Crippen LogP contribution in [0, 0.1) is 19.8 Å². The summed E-state index contributed by atoms with van der Waals surface area (Å²) in [4.78, 5) is 17.2. The molecule has 1 saturated heterocycles. The lowest BCUT2D eigenvalue weighted by Gasteiger charge is -2.35. The zero-order valence-corrected chi connectivity index (χ0v) is 17.3. The number of carbonyl (C=O) groups excluding carboxylic acids is 1. The molecule has 0 spiro atoms. The molecule has 1 fully saturated rings. The van der Waals surface area contributed by atoms with E-state index in [0.29, 0.717) is 25.1 Å². The van der Waals surface area contributed by atoms with E-state index in [1.54, 1.807) is 24.0 Å². The molecule has 2 rings (SSSR count). The lowest BCUT2D eigenvalue weighted by Crippen LogP contribution is -2.54. The minimum atomic E-state index is -3.75. The number of benzene rings is 1. The van der Waals surface area contributed by atoms with Crippen molar-refractivity contribution in [1.82, 2.24) is 14.5 Å². The first-order chi connectivity index (χ1) is 12.1. The normalized spacial score (nSPS) is 17.5. The van der Waals surface area contributed by atoms with E-state index in [2.05, 4.69) is 9.62 Å². The van der Waals surface area contributed by atoms with Gasteiger partial charge in [0.25, 0.3) is 0 Å². The first kappa shape index (κ1) is 20.9. The molecule has 1 heterocycles. The Morgan fingerprint density at radius 3 is 2.31 bits per heavy atom. The Morgan fingerprint density at radius 1 is 1.15 bits per heavy atom. The molecule has 1 atom stereocenters. The van der Waals surface area contributed by atoms with Crippen LogP contribution in [0.5, 0.6) is 0 Å². The van der Waals surface area contributed by atoms with Gasteiger partial charge >= 0.3 is 0 Å². The van der Waals surface area contributed by atoms with E-state index < -0.39 is 16.1 Å². The molecular weight excluding hydrogens is 350 g/mol. The molecule has 1 aliphatic heterocycles. The predicted octanol–water partition coefficient (Wildman–Crippen LogP) is 1.77. The van der Waals surface area contributed by atoms with Gasteiger partial charge in [-0.2, -0.15) is 4.72 Å². The Balaban J connectivity index is 2.22. The van der Waals surface area contributed by atoms with Crippen molar-refractivity contribution in [3.05, 3.63) is 29.3 Å². The number of sulfonamides is 1. The van der Waals surface area contributed by atoms with E-state index in [0.717, 1.165) is 18.7 Å². The highest BCUT2D eigenvalue weighted by Crippen LogP contribution is 2.19. The van der Waals surface area contributed by atoms with E-state index in [1.807, 2.05) is 33.9 Å². The van der Waals surface area contributed by atoms with E-state index in [4.69, 9.17) is 0 Å². The SMILES string of the molecule is Cc1ccc(S(=O)(=O)N[C@@H](CC(C)C)C(=O)N2CCN(C)CC2)c(C)c1. The van der Waals surface area contributed by atoms with E-state index in [1.165, 1.54) is 0 Å². The minimum Gasteiger partial charge on any atom is -0.339 e. The average Bonchev–Trinajstić information content (AvgIpc) is 2.53. The van der Waals surface area contributed by atoms with Gasteiger partial charge in [-0.15, -0.1) is 0 Å². The largest absolute Gasteiger partial charge is 0.339 e. The molecule has 6 nitrogen and oxygen atoms in total. The highest BCUT2D eigenvalue weighted by atomic mass is 32.2. The second kappa shape index (κ2) is 8.50. The molecule has 1 amide bonds. The monoisotopic (exact) mass is 381 g/mol. The number of rotatable bonds is 6. The Kier molecular flexibility index (Phi) is 6.82. The topological polar surface area (TPSA) is 69.7 Å². The number of aryl methyl sites for hydroxylation is 2. The maximum Gasteiger partial charge on any atom is 0.241 e. The van der Waals surface area contributed by atoms with Crippen LogP contribution in [0.1, 0.15) is 31.4 Å². The fourth-order valence-electron chi connectivity index (χ4n) is 3.27. The van der Waals surface area contributed by atoms with Gasteiger partial charge in [-0.1, -0.05) is 31.5 Å². The van der Waals surface area contributed by atoms with Gasteiger partial charge in [0.15, 0.2) is 0 Å². The Morgan fingerprint density at radius 2 is 1.77 bits per heavy atom. The van der Waals surface area contributed by atoms with Crippen LogP contribution in [0.4, 0.5) is 0 Å². The number of nitrogens with zero attached hydrogens (tertiary/aromatic N) is 2. The van der Waals surface area contributed by atoms with Crippen LogP contribution < -0.4 is 4.72 Å². The smallest absolute Gasteiger partial charge is 0.241 e. The maximum atomic E-state index is 13.0. The lowest BCUT2D eigenvalue weighted by molar-refractivity contribution is -0.135. The summed E-state index contributed by atoms with van der Waals surface area (Å²) < 4.78 is 28.5. The minimum absolute atomic E-state index is 0.125. The average molecular weight is 382 g/mol. The van der Waals surface area contributed by atoms with E-state index in [9.17, 15) is 13.2 Å². The molecule has 0 bridgehead atoms. The molecule has 0 radical (unpaired) electrons. The molecule has 0 aliphatic carbocycles. The van der Waals surface area contributed by atoms with Crippen LogP contribution in [-0.4, -0.2) is 63.4 Å². The summed E-state index contributed by atoms with van der Waals surface area (Å²) in [7, 11) is -1.73. The summed E-state index contributed by atoms with van der Waals surface area (Å²) in [5.74, 6) is 0.0818. The molecule has 1 aliphatic rings. The number of piperazine rings is 1. The van der Waals surface area contributed by atoms with E-state index >= 15 is 0 Å². The van der Waals surface area contributed by atoms with Crippen molar-refractivity contribution < 1.29 is 13.2 Å². The molecule has 7 heteroatoms. The van der Waals surface area contributed by atoms with Crippen molar-refractivity contribution in [3.63, 3.8) is 0 Å². The predicted molar refractivity (Wildman–Crippen MR) is 104 cm³/mol. The molecule has 0 unspecified atom stereocenters. The summed E-state index contributed by atoms with van der Waals surface area (Å²) in [6.45, 7) is 10.6. The second-order valence-corrected chi connectivity index (χ2v) is 9.38. The number of amides is 1. The van der Waals surface area contributed by atoms with Gasteiger partial charge in [-0.3, -0.25) is 4.79 Å². The molecule has 1 aromatic rings. The molecule has 26 heavy (non-hydrogen) atoms. The van der Waals surface area contributed by atoms with Crippen molar-refractivity contribution >= 4 is 15.9 Å². The second-order valence-electron chi connectivity index (χ2n) is 7.70. The molecule has 146 valence electrons. The van der Waals surface area contributed by atoms with E-state index in [-0.39, 0.29) is 16.7 Å². The van der Waals surface area contributed by atoms with Gasteiger partial charge in [0, 0.05) is 26.2 Å². The molecule has 0 saturated carbocycles. The first-order valence-corrected chi connectivity index (χ1v) is 10.7. The summed E-state index contributed by atoms with van der Waals surface area (Å²) in [6.07, 6.45) is 0.481. The zero-order chi connectivity index (χ0) is 19.5. The summed E-state index contributed by atoms with van der Waals surface area (Å²) in [5.41, 5.74) is 1.70. The van der Waals surface area contributed by atoms with Crippen LogP contribution in [0.25, 0.3) is 0 Å². The maximum absolute atomic E-state index is 13.0. The molecule has 1 N–H and O–H groups in total. The summed E-state index contributed by atoms with van der Waals surface area (Å²) in [5, 5.41) is 0. The highest BCUT2D eigenvalue weighted by molar-refractivity contribution is 7.89. The van der Waals surface area contributed by atoms with Gasteiger partial charge in [-0.25, -0.2) is 8.42 Å². The summed E-state index contributed by atoms with van der Waals surface area (Å²) >= 11 is 0. The van der Waals surface area contributed by atoms with Crippen molar-refractivity contribution in [2.75, 3.05) is 33.2 Å². The quantitative estimate of drug-likeness (QED) is 0.815. The number of likely N-dealkylation sites (N-methyl/N-ethyl adjacent to an activating group) is 1. The third kappa shape index (κ3) is 5.28. The highest BCUT2D eigenvalue weighted by Gasteiger charge is 2.31. The number of hydrogen-bond donors (Lipinski definition) is 1. The van der Waals surface area contributed by atoms with Crippen molar-refractivity contribution in [2.45, 2.75) is 45.1 Å². The fourth-order valence-corrected chi connectivity index (χ4v) is 4.70. The standard InChI is InChI=1S/C19H31N3O3S/c1-14(2)12-17(19(23)22-10-8-21(5)9-11-22)20-26(24,25)18-7-6-15(3)13-16(18)4/h6-7,13-14,17,20H,8-12H2,1-5H3/t17-/m0/s1. The molecular formula is C19H31N3O3S. The first-order valence-electron chi connectivity index (χ1n) is 9.17. The molecule has 0 aromatic heterocycles. The van der Waals surface area contributed by atoms with Crippen LogP contribution in [-0.2, 0) is 14.8 Å². The summed E-state index contributed by atoms with van der Waals surface area (Å²) in [6, 6.07) is 4.50. The van der Waals surface area contributed by atoms with Crippen molar-refractivity contribution in [2.24, 2.45) is 5.92 Å². The number of hydrogen-bond acceptors (Lipinski definition) is 4. The van der Waals surface area contributed by atoms with Gasteiger partial charge in [0.1, 0.15) is 6.04 Å². The van der Waals surface area contributed by atoms with Crippen molar-refractivity contribution in [3.8, 4) is 0 Å². The van der Waals surface area contributed by atoms with Gasteiger partial charge in [0.05, 0.1) is 4.90 Å². The van der Waals surface area contributed by atoms with Crippen molar-refractivity contribution in [1.29, 1.82) is 0 Å². The third-order valence-electron chi connectivity index (χ3n) is 4.74. The van der Waals surface area contributed by atoms with Crippen LogP contribution in [0.2, 0.25) is 0 Å². The Labute approximate surface area is 157 Å². The van der Waals surface area contributed by atoms with Crippen LogP contribution >= 0.6 is 0 Å². The van der Waals surface area contributed by atoms with Crippen LogP contribution in [0.15, 0.2) is 23.1 Å². The Hall–Kier alpha value is -1.44. The third-order valence-corrected chi connectivity index (χ3v) is 6.37.